The van der Waals surface area contributed by atoms with Gasteiger partial charge in [-0.2, -0.15) is 0 Å². The van der Waals surface area contributed by atoms with E-state index in [2.05, 4.69) is 4.74 Å². The van der Waals surface area contributed by atoms with Crippen molar-refractivity contribution in [2.24, 2.45) is 0 Å². The summed E-state index contributed by atoms with van der Waals surface area (Å²) in [5, 5.41) is 9.27. The van der Waals surface area contributed by atoms with Gasteiger partial charge in [-0.3, -0.25) is 9.69 Å². The van der Waals surface area contributed by atoms with Crippen LogP contribution in [0, 0.1) is 0 Å². The smallest absolute Gasteiger partial charge is 0.480 e. The van der Waals surface area contributed by atoms with Gasteiger partial charge in [0.2, 0.25) is 0 Å². The zero-order valence-corrected chi connectivity index (χ0v) is 12.1. The molecule has 0 aromatic heterocycles. The molecule has 0 radical (unpaired) electrons. The zero-order valence-electron chi connectivity index (χ0n) is 12.1. The maximum absolute atomic E-state index is 12.3. The fraction of sp³-hybridized carbons (Fsp3) is 0.533. The van der Waals surface area contributed by atoms with Crippen molar-refractivity contribution in [3.63, 3.8) is 0 Å². The van der Waals surface area contributed by atoms with Gasteiger partial charge in [-0.05, 0) is 37.0 Å². The van der Waals surface area contributed by atoms with Crippen LogP contribution in [0.3, 0.4) is 0 Å². The summed E-state index contributed by atoms with van der Waals surface area (Å²) in [6.45, 7) is 2.27. The van der Waals surface area contributed by atoms with Crippen molar-refractivity contribution in [1.29, 1.82) is 0 Å². The molecule has 1 N–H and O–H groups in total. The average Bonchev–Trinajstić information content (AvgIpc) is 2.80. The van der Waals surface area contributed by atoms with E-state index in [1.807, 2.05) is 11.8 Å². The van der Waals surface area contributed by atoms with E-state index in [-0.39, 0.29) is 11.8 Å². The Morgan fingerprint density at radius 1 is 1.41 bits per heavy atom. The van der Waals surface area contributed by atoms with Gasteiger partial charge in [0.05, 0.1) is 0 Å². The van der Waals surface area contributed by atoms with E-state index >= 15 is 0 Å². The lowest BCUT2D eigenvalue weighted by Gasteiger charge is -2.27. The number of ether oxygens (including phenoxy) is 1. The minimum Gasteiger partial charge on any atom is -0.480 e. The van der Waals surface area contributed by atoms with Crippen molar-refractivity contribution in [2.45, 2.75) is 51.2 Å². The highest BCUT2D eigenvalue weighted by Crippen LogP contribution is 2.30. The Balaban J connectivity index is 2.14. The van der Waals surface area contributed by atoms with Crippen molar-refractivity contribution in [1.82, 2.24) is 4.90 Å². The van der Waals surface area contributed by atoms with E-state index in [0.717, 1.165) is 12.8 Å². The van der Waals surface area contributed by atoms with Crippen LogP contribution in [0.15, 0.2) is 24.3 Å². The third-order valence-corrected chi connectivity index (χ3v) is 3.90. The Morgan fingerprint density at radius 2 is 2.14 bits per heavy atom. The Kier molecular flexibility index (Phi) is 4.95. The van der Waals surface area contributed by atoms with Gasteiger partial charge in [0.15, 0.2) is 0 Å². The highest BCUT2D eigenvalue weighted by Gasteiger charge is 2.37. The zero-order chi connectivity index (χ0) is 16.3. The summed E-state index contributed by atoms with van der Waals surface area (Å²) < 4.78 is 40.7. The third kappa shape index (κ3) is 4.13. The van der Waals surface area contributed by atoms with Crippen LogP contribution in [-0.2, 0) is 11.3 Å². The Morgan fingerprint density at radius 3 is 2.73 bits per heavy atom. The summed E-state index contributed by atoms with van der Waals surface area (Å²) in [5.74, 6) is -1.18. The van der Waals surface area contributed by atoms with Crippen LogP contribution in [0.1, 0.15) is 31.7 Å². The number of rotatable bonds is 5. The first kappa shape index (κ1) is 16.6. The number of benzene rings is 1. The number of hydrogen-bond donors (Lipinski definition) is 1. The van der Waals surface area contributed by atoms with Crippen LogP contribution in [0.2, 0.25) is 0 Å². The van der Waals surface area contributed by atoms with Gasteiger partial charge in [-0.1, -0.05) is 19.1 Å². The summed E-state index contributed by atoms with van der Waals surface area (Å²) in [4.78, 5) is 13.1. The lowest BCUT2D eigenvalue weighted by atomic mass is 10.1. The molecule has 2 atom stereocenters. The second kappa shape index (κ2) is 6.56. The summed E-state index contributed by atoms with van der Waals surface area (Å²) in [6, 6.07) is 5.23. The molecule has 122 valence electrons. The van der Waals surface area contributed by atoms with Crippen molar-refractivity contribution in [3.05, 3.63) is 29.8 Å². The topological polar surface area (TPSA) is 49.8 Å². The van der Waals surface area contributed by atoms with Gasteiger partial charge < -0.3 is 9.84 Å². The van der Waals surface area contributed by atoms with Gasteiger partial charge in [-0.25, -0.2) is 0 Å². The second-order valence-corrected chi connectivity index (χ2v) is 5.36. The molecule has 1 heterocycles. The van der Waals surface area contributed by atoms with Crippen LogP contribution in [0.5, 0.6) is 5.75 Å². The fourth-order valence-electron chi connectivity index (χ4n) is 2.93. The van der Waals surface area contributed by atoms with Gasteiger partial charge in [-0.15, -0.1) is 13.2 Å². The highest BCUT2D eigenvalue weighted by atomic mass is 19.4. The molecule has 0 bridgehead atoms. The molecule has 1 aromatic rings. The molecule has 0 aliphatic carbocycles. The molecule has 1 aromatic carbocycles. The molecule has 7 heteroatoms. The standard InChI is InChI=1S/C15H18F3NO3/c1-2-11-6-7-13(14(20)21)19(11)9-10-4-3-5-12(8-10)22-15(16,17)18/h3-5,8,11,13H,2,6-7,9H2,1H3,(H,20,21). The molecule has 1 aliphatic rings. The highest BCUT2D eigenvalue weighted by molar-refractivity contribution is 5.74. The molecule has 0 spiro atoms. The Bertz CT molecular complexity index is 533. The van der Waals surface area contributed by atoms with E-state index in [0.29, 0.717) is 18.5 Å². The maximum Gasteiger partial charge on any atom is 0.573 e. The number of aliphatic carboxylic acids is 1. The first-order valence-corrected chi connectivity index (χ1v) is 7.13. The molecule has 1 saturated heterocycles. The molecule has 0 saturated carbocycles. The minimum atomic E-state index is -4.73. The first-order chi connectivity index (χ1) is 10.3. The number of nitrogens with zero attached hydrogens (tertiary/aromatic N) is 1. The molecule has 2 unspecified atom stereocenters. The van der Waals surface area contributed by atoms with E-state index in [4.69, 9.17) is 0 Å². The van der Waals surface area contributed by atoms with E-state index in [1.165, 1.54) is 18.2 Å². The maximum atomic E-state index is 12.3. The van der Waals surface area contributed by atoms with Crippen LogP contribution >= 0.6 is 0 Å². The summed E-state index contributed by atoms with van der Waals surface area (Å²) in [5.41, 5.74) is 0.605. The van der Waals surface area contributed by atoms with E-state index in [9.17, 15) is 23.1 Å². The number of hydrogen-bond acceptors (Lipinski definition) is 3. The number of carboxylic acids is 1. The van der Waals surface area contributed by atoms with Crippen molar-refractivity contribution < 1.29 is 27.8 Å². The molecule has 2 rings (SSSR count). The van der Waals surface area contributed by atoms with Crippen molar-refractivity contribution in [2.75, 3.05) is 0 Å². The fourth-order valence-corrected chi connectivity index (χ4v) is 2.93. The van der Waals surface area contributed by atoms with Crippen molar-refractivity contribution in [3.8, 4) is 5.75 Å². The SMILES string of the molecule is CCC1CCC(C(=O)O)N1Cc1cccc(OC(F)(F)F)c1. The van der Waals surface area contributed by atoms with E-state index in [1.54, 1.807) is 6.07 Å². The van der Waals surface area contributed by atoms with Gasteiger partial charge in [0.1, 0.15) is 11.8 Å². The number of halogens is 3. The Labute approximate surface area is 126 Å². The van der Waals surface area contributed by atoms with Crippen LogP contribution < -0.4 is 4.74 Å². The largest absolute Gasteiger partial charge is 0.573 e. The Hall–Kier alpha value is -1.76. The van der Waals surface area contributed by atoms with Gasteiger partial charge in [0, 0.05) is 12.6 Å². The van der Waals surface area contributed by atoms with Crippen LogP contribution in [0.25, 0.3) is 0 Å². The predicted octanol–water partition coefficient (Wildman–Crippen LogP) is 3.41. The lowest BCUT2D eigenvalue weighted by Crippen LogP contribution is -2.39. The number of carbonyl (C=O) groups is 1. The van der Waals surface area contributed by atoms with Crippen molar-refractivity contribution >= 4 is 5.97 Å². The molecular formula is C15H18F3NO3. The molecule has 1 fully saturated rings. The minimum absolute atomic E-state index is 0.133. The first-order valence-electron chi connectivity index (χ1n) is 7.13. The van der Waals surface area contributed by atoms with Crippen LogP contribution in [0.4, 0.5) is 13.2 Å². The second-order valence-electron chi connectivity index (χ2n) is 5.36. The number of likely N-dealkylation sites (tertiary alicyclic amines) is 1. The summed E-state index contributed by atoms with van der Waals surface area (Å²) in [6.07, 6.45) is -2.58. The third-order valence-electron chi connectivity index (χ3n) is 3.90. The quantitative estimate of drug-likeness (QED) is 0.904. The van der Waals surface area contributed by atoms with Gasteiger partial charge in [0.25, 0.3) is 0 Å². The number of carboxylic acid groups (broad SMARTS) is 1. The van der Waals surface area contributed by atoms with E-state index < -0.39 is 18.4 Å². The summed E-state index contributed by atoms with van der Waals surface area (Å²) >= 11 is 0. The molecule has 22 heavy (non-hydrogen) atoms. The average molecular weight is 317 g/mol. The van der Waals surface area contributed by atoms with Gasteiger partial charge >= 0.3 is 12.3 Å². The van der Waals surface area contributed by atoms with Crippen LogP contribution in [-0.4, -0.2) is 34.4 Å². The number of alkyl halides is 3. The lowest BCUT2D eigenvalue weighted by molar-refractivity contribution is -0.274. The molecule has 0 amide bonds. The molecule has 1 aliphatic heterocycles. The monoisotopic (exact) mass is 317 g/mol. The normalized spacial score (nSPS) is 22.7. The molecule has 4 nitrogen and oxygen atoms in total. The summed E-state index contributed by atoms with van der Waals surface area (Å²) in [7, 11) is 0. The molecular weight excluding hydrogens is 299 g/mol. The predicted molar refractivity (Wildman–Crippen MR) is 73.4 cm³/mol.